The maximum Gasteiger partial charge on any atom is 0.337 e. The molecule has 2 saturated heterocycles. The van der Waals surface area contributed by atoms with E-state index in [2.05, 4.69) is 21.9 Å². The summed E-state index contributed by atoms with van der Waals surface area (Å²) in [6, 6.07) is 15.0. The van der Waals surface area contributed by atoms with Crippen LogP contribution in [0.1, 0.15) is 10.4 Å². The highest BCUT2D eigenvalue weighted by atomic mass is 32.2. The number of carbonyl (C=O) groups excluding carboxylic acids is 2. The van der Waals surface area contributed by atoms with E-state index in [0.29, 0.717) is 61.0 Å². The SMILES string of the molecule is COC(=O)c1ccc2c(=O)n(CCN3CCOCC3)c(SCC(=O)N3CCN(c4ccccc4)CC3)nc2c1. The average Bonchev–Trinajstić information content (AvgIpc) is 3.00. The lowest BCUT2D eigenvalue weighted by Gasteiger charge is -2.36. The minimum atomic E-state index is -0.491. The zero-order valence-corrected chi connectivity index (χ0v) is 22.9. The number of hydrogen-bond acceptors (Lipinski definition) is 9. The van der Waals surface area contributed by atoms with Crippen molar-refractivity contribution >= 4 is 40.2 Å². The van der Waals surface area contributed by atoms with Gasteiger partial charge in [-0.1, -0.05) is 30.0 Å². The van der Waals surface area contributed by atoms with Gasteiger partial charge in [-0.05, 0) is 30.3 Å². The van der Waals surface area contributed by atoms with E-state index >= 15 is 0 Å². The molecule has 2 fully saturated rings. The molecule has 1 amide bonds. The molecule has 2 aliphatic rings. The second-order valence-corrected chi connectivity index (χ2v) is 10.5. The van der Waals surface area contributed by atoms with E-state index < -0.39 is 5.97 Å². The van der Waals surface area contributed by atoms with Gasteiger partial charge in [-0.25, -0.2) is 9.78 Å². The molecule has 10 nitrogen and oxygen atoms in total. The number of para-hydroxylation sites is 1. The first kappa shape index (κ1) is 27.2. The van der Waals surface area contributed by atoms with E-state index in [4.69, 9.17) is 14.5 Å². The Balaban J connectivity index is 1.32. The fraction of sp³-hybridized carbons (Fsp3) is 0.429. The molecule has 0 spiro atoms. The highest BCUT2D eigenvalue weighted by Gasteiger charge is 2.23. The molecule has 0 saturated carbocycles. The highest BCUT2D eigenvalue weighted by Crippen LogP contribution is 2.21. The number of thioether (sulfide) groups is 1. The summed E-state index contributed by atoms with van der Waals surface area (Å²) in [5, 5.41) is 0.899. The first-order valence-electron chi connectivity index (χ1n) is 13.2. The Morgan fingerprint density at radius 1 is 0.974 bits per heavy atom. The minimum Gasteiger partial charge on any atom is -0.465 e. The van der Waals surface area contributed by atoms with Crippen molar-refractivity contribution in [2.24, 2.45) is 0 Å². The number of methoxy groups -OCH3 is 1. The molecule has 0 radical (unpaired) electrons. The molecule has 206 valence electrons. The summed E-state index contributed by atoms with van der Waals surface area (Å²) in [5.74, 6) is -0.295. The lowest BCUT2D eigenvalue weighted by Crippen LogP contribution is -2.49. The van der Waals surface area contributed by atoms with Crippen LogP contribution in [0.3, 0.4) is 0 Å². The summed E-state index contributed by atoms with van der Waals surface area (Å²) in [5.41, 5.74) is 1.72. The summed E-state index contributed by atoms with van der Waals surface area (Å²) in [6.07, 6.45) is 0. The second-order valence-electron chi connectivity index (χ2n) is 9.52. The zero-order valence-electron chi connectivity index (χ0n) is 22.1. The predicted molar refractivity (Wildman–Crippen MR) is 151 cm³/mol. The number of aromatic nitrogens is 2. The fourth-order valence-electron chi connectivity index (χ4n) is 4.89. The number of rotatable bonds is 8. The van der Waals surface area contributed by atoms with Crippen LogP contribution in [0, 0.1) is 0 Å². The fourth-order valence-corrected chi connectivity index (χ4v) is 5.82. The van der Waals surface area contributed by atoms with Gasteiger partial charge in [0.25, 0.3) is 5.56 Å². The van der Waals surface area contributed by atoms with Crippen LogP contribution < -0.4 is 10.5 Å². The number of benzene rings is 2. The van der Waals surface area contributed by atoms with Gasteiger partial charge in [0.05, 0.1) is 42.5 Å². The summed E-state index contributed by atoms with van der Waals surface area (Å²) < 4.78 is 11.9. The molecule has 2 aliphatic heterocycles. The number of anilines is 1. The predicted octanol–water partition coefficient (Wildman–Crippen LogP) is 1.96. The lowest BCUT2D eigenvalue weighted by molar-refractivity contribution is -0.128. The maximum absolute atomic E-state index is 13.5. The number of nitrogens with zero attached hydrogens (tertiary/aromatic N) is 5. The van der Waals surface area contributed by atoms with Crippen LogP contribution in [0.4, 0.5) is 5.69 Å². The summed E-state index contributed by atoms with van der Waals surface area (Å²) in [6.45, 7) is 6.94. The molecule has 5 rings (SSSR count). The van der Waals surface area contributed by atoms with E-state index in [1.165, 1.54) is 18.9 Å². The van der Waals surface area contributed by atoms with E-state index in [0.717, 1.165) is 31.9 Å². The van der Waals surface area contributed by atoms with E-state index in [9.17, 15) is 14.4 Å². The Labute approximate surface area is 231 Å². The molecule has 1 aromatic heterocycles. The van der Waals surface area contributed by atoms with Gasteiger partial charge >= 0.3 is 5.97 Å². The van der Waals surface area contributed by atoms with Crippen molar-refractivity contribution in [2.45, 2.75) is 11.7 Å². The third kappa shape index (κ3) is 6.43. The topological polar surface area (TPSA) is 97.2 Å². The monoisotopic (exact) mass is 551 g/mol. The third-order valence-corrected chi connectivity index (χ3v) is 8.12. The van der Waals surface area contributed by atoms with Gasteiger partial charge in [0, 0.05) is 58.0 Å². The van der Waals surface area contributed by atoms with Gasteiger partial charge in [-0.3, -0.25) is 19.1 Å². The van der Waals surface area contributed by atoms with Crippen LogP contribution in [0.2, 0.25) is 0 Å². The van der Waals surface area contributed by atoms with Gasteiger partial charge in [0.15, 0.2) is 5.16 Å². The molecule has 0 aliphatic carbocycles. The Morgan fingerprint density at radius 2 is 1.72 bits per heavy atom. The van der Waals surface area contributed by atoms with Gasteiger partial charge in [-0.15, -0.1) is 0 Å². The van der Waals surface area contributed by atoms with Crippen LogP contribution in [0.15, 0.2) is 58.5 Å². The van der Waals surface area contributed by atoms with E-state index in [-0.39, 0.29) is 17.2 Å². The number of amides is 1. The van der Waals surface area contributed by atoms with Gasteiger partial charge in [0.2, 0.25) is 5.91 Å². The standard InChI is InChI=1S/C28H33N5O5S/c1-37-27(36)21-7-8-23-24(19-21)29-28(33(26(23)35)14-9-30-15-17-38-18-16-30)39-20-25(34)32-12-10-31(11-13-32)22-5-3-2-4-6-22/h2-8,19H,9-18,20H2,1H3. The summed E-state index contributed by atoms with van der Waals surface area (Å²) in [4.78, 5) is 49.9. The van der Waals surface area contributed by atoms with Gasteiger partial charge < -0.3 is 19.3 Å². The Bertz CT molecular complexity index is 1370. The molecule has 0 atom stereocenters. The highest BCUT2D eigenvalue weighted by molar-refractivity contribution is 7.99. The van der Waals surface area contributed by atoms with E-state index in [1.807, 2.05) is 23.1 Å². The number of ether oxygens (including phenoxy) is 2. The smallest absolute Gasteiger partial charge is 0.337 e. The Morgan fingerprint density at radius 3 is 2.44 bits per heavy atom. The molecule has 39 heavy (non-hydrogen) atoms. The average molecular weight is 552 g/mol. The normalized spacial score (nSPS) is 16.4. The number of hydrogen-bond donors (Lipinski definition) is 0. The molecular weight excluding hydrogens is 518 g/mol. The van der Waals surface area contributed by atoms with Gasteiger partial charge in [0.1, 0.15) is 0 Å². The van der Waals surface area contributed by atoms with Crippen LogP contribution >= 0.6 is 11.8 Å². The largest absolute Gasteiger partial charge is 0.465 e. The number of fused-ring (bicyclic) bond motifs is 1. The Kier molecular flexibility index (Phi) is 8.80. The zero-order chi connectivity index (χ0) is 27.2. The van der Waals surface area contributed by atoms with Crippen molar-refractivity contribution in [1.82, 2.24) is 19.4 Å². The molecule has 3 aromatic rings. The second kappa shape index (κ2) is 12.6. The van der Waals surface area contributed by atoms with Gasteiger partial charge in [-0.2, -0.15) is 0 Å². The van der Waals surface area contributed by atoms with Crippen LogP contribution in [0.25, 0.3) is 10.9 Å². The third-order valence-electron chi connectivity index (χ3n) is 7.16. The van der Waals surface area contributed by atoms with E-state index in [1.54, 1.807) is 22.8 Å². The lowest BCUT2D eigenvalue weighted by atomic mass is 10.1. The van der Waals surface area contributed by atoms with Crippen molar-refractivity contribution in [1.29, 1.82) is 0 Å². The molecule has 0 unspecified atom stereocenters. The molecule has 0 N–H and O–H groups in total. The van der Waals surface area contributed by atoms with Crippen molar-refractivity contribution in [2.75, 3.05) is 76.8 Å². The number of carbonyl (C=O) groups is 2. The number of esters is 1. The van der Waals surface area contributed by atoms with Crippen LogP contribution in [0.5, 0.6) is 0 Å². The quantitative estimate of drug-likeness (QED) is 0.236. The first-order chi connectivity index (χ1) is 19.0. The molecular formula is C28H33N5O5S. The van der Waals surface area contributed by atoms with Crippen molar-refractivity contribution in [3.63, 3.8) is 0 Å². The van der Waals surface area contributed by atoms with Crippen molar-refractivity contribution in [3.05, 3.63) is 64.4 Å². The number of morpholine rings is 1. The summed E-state index contributed by atoms with van der Waals surface area (Å²) >= 11 is 1.27. The summed E-state index contributed by atoms with van der Waals surface area (Å²) in [7, 11) is 1.32. The molecule has 2 aromatic carbocycles. The minimum absolute atomic E-state index is 0.0186. The molecule has 3 heterocycles. The van der Waals surface area contributed by atoms with Crippen LogP contribution in [-0.2, 0) is 20.8 Å². The first-order valence-corrected chi connectivity index (χ1v) is 14.2. The van der Waals surface area contributed by atoms with Crippen LogP contribution in [-0.4, -0.2) is 103 Å². The van der Waals surface area contributed by atoms with Crippen molar-refractivity contribution in [3.8, 4) is 0 Å². The Hall–Kier alpha value is -3.41. The molecule has 0 bridgehead atoms. The molecule has 11 heteroatoms. The maximum atomic E-state index is 13.5. The number of piperazine rings is 1. The van der Waals surface area contributed by atoms with Crippen molar-refractivity contribution < 1.29 is 19.1 Å².